The summed E-state index contributed by atoms with van der Waals surface area (Å²) in [6.07, 6.45) is 2.00. The number of fused-ring (bicyclic) bond motifs is 1. The van der Waals surface area contributed by atoms with Crippen molar-refractivity contribution in [1.82, 2.24) is 15.2 Å². The molecule has 3 heterocycles. The van der Waals surface area contributed by atoms with Gasteiger partial charge in [-0.1, -0.05) is 13.0 Å². The molecule has 2 unspecified atom stereocenters. The summed E-state index contributed by atoms with van der Waals surface area (Å²) in [7, 11) is 1.60. The number of carbonyl (C=O) groups is 2. The minimum atomic E-state index is -0.413. The number of amides is 2. The van der Waals surface area contributed by atoms with E-state index in [9.17, 15) is 9.59 Å². The third-order valence-corrected chi connectivity index (χ3v) is 6.11. The molecule has 2 amide bonds. The maximum Gasteiger partial charge on any atom is 0.269 e. The van der Waals surface area contributed by atoms with E-state index in [4.69, 9.17) is 4.74 Å². The van der Waals surface area contributed by atoms with Crippen LogP contribution in [0, 0.1) is 0 Å². The molecule has 2 N–H and O–H groups in total. The lowest BCUT2D eigenvalue weighted by atomic mass is 10.0. The van der Waals surface area contributed by atoms with E-state index in [1.54, 1.807) is 19.3 Å². The van der Waals surface area contributed by atoms with Gasteiger partial charge in [0.15, 0.2) is 6.10 Å². The minimum Gasteiger partial charge on any atom is -0.478 e. The van der Waals surface area contributed by atoms with Crippen molar-refractivity contribution in [3.63, 3.8) is 0 Å². The van der Waals surface area contributed by atoms with Crippen LogP contribution in [-0.2, 0) is 4.79 Å². The Balaban J connectivity index is 1.38. The van der Waals surface area contributed by atoms with Crippen molar-refractivity contribution in [2.24, 2.45) is 0 Å². The van der Waals surface area contributed by atoms with Gasteiger partial charge in [-0.2, -0.15) is 0 Å². The Morgan fingerprint density at radius 2 is 2.03 bits per heavy atom. The number of carbonyl (C=O) groups excluding carboxylic acids is 2. The van der Waals surface area contributed by atoms with E-state index >= 15 is 0 Å². The van der Waals surface area contributed by atoms with Crippen LogP contribution in [0.25, 0.3) is 0 Å². The van der Waals surface area contributed by atoms with Crippen LogP contribution in [0.3, 0.4) is 0 Å². The molecule has 4 rings (SSSR count). The minimum absolute atomic E-state index is 0.0792. The Labute approximate surface area is 182 Å². The molecule has 0 aliphatic carbocycles. The van der Waals surface area contributed by atoms with Crippen LogP contribution in [-0.4, -0.2) is 61.0 Å². The van der Waals surface area contributed by atoms with E-state index in [0.29, 0.717) is 12.1 Å². The van der Waals surface area contributed by atoms with Gasteiger partial charge in [-0.05, 0) is 43.2 Å². The van der Waals surface area contributed by atoms with Crippen LogP contribution in [0.4, 0.5) is 11.4 Å². The van der Waals surface area contributed by atoms with Gasteiger partial charge in [-0.25, -0.2) is 4.98 Å². The van der Waals surface area contributed by atoms with E-state index in [-0.39, 0.29) is 17.9 Å². The van der Waals surface area contributed by atoms with Gasteiger partial charge in [-0.3, -0.25) is 14.5 Å². The highest BCUT2D eigenvalue weighted by Gasteiger charge is 2.28. The summed E-state index contributed by atoms with van der Waals surface area (Å²) in [6.45, 7) is 7.73. The number of aromatic nitrogens is 1. The summed E-state index contributed by atoms with van der Waals surface area (Å²) in [5, 5.41) is 5.57. The number of hydrogen-bond donors (Lipinski definition) is 2. The summed E-state index contributed by atoms with van der Waals surface area (Å²) in [6, 6.07) is 10.0. The average molecular weight is 424 g/mol. The maximum atomic E-state index is 12.1. The molecule has 0 saturated carbocycles. The molecule has 164 valence electrons. The molecular formula is C23H29N5O3. The van der Waals surface area contributed by atoms with Crippen molar-refractivity contribution in [3.8, 4) is 5.75 Å². The highest BCUT2D eigenvalue weighted by atomic mass is 16.5. The summed E-state index contributed by atoms with van der Waals surface area (Å²) in [5.74, 6) is 0.478. The third-order valence-electron chi connectivity index (χ3n) is 6.11. The molecule has 2 atom stereocenters. The molecule has 1 aromatic carbocycles. The molecule has 2 aliphatic heterocycles. The monoisotopic (exact) mass is 423 g/mol. The topological polar surface area (TPSA) is 86.8 Å². The number of nitrogens with one attached hydrogen (secondary N) is 2. The van der Waals surface area contributed by atoms with Crippen LogP contribution >= 0.6 is 0 Å². The molecule has 31 heavy (non-hydrogen) atoms. The molecule has 8 nitrogen and oxygen atoms in total. The first-order valence-electron chi connectivity index (χ1n) is 10.8. The zero-order chi connectivity index (χ0) is 22.0. The van der Waals surface area contributed by atoms with Gasteiger partial charge in [0, 0.05) is 39.3 Å². The molecule has 1 fully saturated rings. The van der Waals surface area contributed by atoms with Crippen LogP contribution in [0.15, 0.2) is 36.5 Å². The van der Waals surface area contributed by atoms with Gasteiger partial charge in [-0.15, -0.1) is 0 Å². The summed E-state index contributed by atoms with van der Waals surface area (Å²) in [5.41, 5.74) is 3.36. The quantitative estimate of drug-likeness (QED) is 0.768. The fraction of sp³-hybridized carbons (Fsp3) is 0.435. The SMILES string of the molecule is CCC1Oc2ccc(C(C)N3CCN(c4ccc(C(=O)NC)nc4)CC3)cc2NC1=O. The second-order valence-electron chi connectivity index (χ2n) is 7.94. The molecule has 1 saturated heterocycles. The lowest BCUT2D eigenvalue weighted by molar-refractivity contribution is -0.123. The van der Waals surface area contributed by atoms with Crippen LogP contribution in [0.5, 0.6) is 5.75 Å². The molecule has 2 aromatic rings. The number of anilines is 2. The molecule has 0 bridgehead atoms. The molecular weight excluding hydrogens is 394 g/mol. The number of rotatable bonds is 5. The first-order valence-corrected chi connectivity index (χ1v) is 10.8. The second-order valence-corrected chi connectivity index (χ2v) is 7.94. The van der Waals surface area contributed by atoms with Gasteiger partial charge in [0.2, 0.25) is 0 Å². The van der Waals surface area contributed by atoms with Crippen molar-refractivity contribution in [2.45, 2.75) is 32.4 Å². The Morgan fingerprint density at radius 1 is 1.26 bits per heavy atom. The van der Waals surface area contributed by atoms with E-state index in [1.807, 2.05) is 25.1 Å². The number of ether oxygens (including phenoxy) is 1. The van der Waals surface area contributed by atoms with E-state index in [0.717, 1.165) is 48.9 Å². The van der Waals surface area contributed by atoms with E-state index in [2.05, 4.69) is 38.4 Å². The molecule has 0 radical (unpaired) electrons. The lowest BCUT2D eigenvalue weighted by Crippen LogP contribution is -2.47. The van der Waals surface area contributed by atoms with Gasteiger partial charge in [0.05, 0.1) is 17.6 Å². The maximum absolute atomic E-state index is 12.1. The van der Waals surface area contributed by atoms with Crippen molar-refractivity contribution in [1.29, 1.82) is 0 Å². The van der Waals surface area contributed by atoms with Crippen molar-refractivity contribution in [2.75, 3.05) is 43.4 Å². The third kappa shape index (κ3) is 4.34. The van der Waals surface area contributed by atoms with E-state index in [1.165, 1.54) is 0 Å². The molecule has 8 heteroatoms. The van der Waals surface area contributed by atoms with Gasteiger partial charge >= 0.3 is 0 Å². The number of nitrogens with zero attached hydrogens (tertiary/aromatic N) is 3. The Morgan fingerprint density at radius 3 is 2.68 bits per heavy atom. The van der Waals surface area contributed by atoms with Crippen molar-refractivity contribution in [3.05, 3.63) is 47.8 Å². The number of pyridine rings is 1. The van der Waals surface area contributed by atoms with Crippen LogP contribution < -0.4 is 20.3 Å². The predicted octanol–water partition coefficient (Wildman–Crippen LogP) is 2.43. The number of hydrogen-bond acceptors (Lipinski definition) is 6. The molecule has 1 aromatic heterocycles. The number of benzene rings is 1. The summed E-state index contributed by atoms with van der Waals surface area (Å²) < 4.78 is 5.80. The van der Waals surface area contributed by atoms with E-state index < -0.39 is 6.10 Å². The first-order chi connectivity index (χ1) is 15.0. The van der Waals surface area contributed by atoms with Crippen LogP contribution in [0.2, 0.25) is 0 Å². The highest BCUT2D eigenvalue weighted by Crippen LogP contribution is 2.34. The summed E-state index contributed by atoms with van der Waals surface area (Å²) >= 11 is 0. The zero-order valence-corrected chi connectivity index (χ0v) is 18.2. The molecule has 2 aliphatic rings. The Bertz CT molecular complexity index is 954. The highest BCUT2D eigenvalue weighted by molar-refractivity contribution is 5.97. The number of piperazine rings is 1. The zero-order valence-electron chi connectivity index (χ0n) is 18.2. The predicted molar refractivity (Wildman–Crippen MR) is 120 cm³/mol. The Hall–Kier alpha value is -3.13. The van der Waals surface area contributed by atoms with Crippen molar-refractivity contribution >= 4 is 23.2 Å². The fourth-order valence-corrected chi connectivity index (χ4v) is 4.11. The fourth-order valence-electron chi connectivity index (χ4n) is 4.11. The van der Waals surface area contributed by atoms with Gasteiger partial charge < -0.3 is 20.3 Å². The Kier molecular flexibility index (Phi) is 6.08. The lowest BCUT2D eigenvalue weighted by Gasteiger charge is -2.39. The second kappa shape index (κ2) is 8.93. The molecule has 0 spiro atoms. The largest absolute Gasteiger partial charge is 0.478 e. The van der Waals surface area contributed by atoms with Crippen molar-refractivity contribution < 1.29 is 14.3 Å². The normalized spacial score (nSPS) is 19.8. The standard InChI is InChI=1S/C23H29N5O3/c1-4-20-23(30)26-19-13-16(5-8-21(19)31-20)15(2)27-9-11-28(12-10-27)17-6-7-18(25-14-17)22(29)24-3/h5-8,13-15,20H,4,9-12H2,1-3H3,(H,24,29)(H,26,30). The average Bonchev–Trinajstić information content (AvgIpc) is 2.82. The first kappa shape index (κ1) is 21.1. The van der Waals surface area contributed by atoms with Crippen LogP contribution in [0.1, 0.15) is 42.4 Å². The summed E-state index contributed by atoms with van der Waals surface area (Å²) in [4.78, 5) is 32.8. The van der Waals surface area contributed by atoms with Gasteiger partial charge in [0.25, 0.3) is 11.8 Å². The van der Waals surface area contributed by atoms with Gasteiger partial charge in [0.1, 0.15) is 11.4 Å². The smallest absolute Gasteiger partial charge is 0.269 e.